The summed E-state index contributed by atoms with van der Waals surface area (Å²) in [5, 5.41) is 9.70. The number of hydrogen-bond acceptors (Lipinski definition) is 1. The minimum atomic E-state index is -0.923. The van der Waals surface area contributed by atoms with Gasteiger partial charge in [-0.2, -0.15) is 0 Å². The Morgan fingerprint density at radius 1 is 1.53 bits per heavy atom. The molecule has 0 aromatic heterocycles. The largest absolute Gasteiger partial charge is 0.481 e. The number of carboxylic acids is 1. The lowest BCUT2D eigenvalue weighted by molar-refractivity contribution is -0.145. The first-order valence-corrected chi connectivity index (χ1v) is 4.97. The molecule has 0 saturated heterocycles. The van der Waals surface area contributed by atoms with Gasteiger partial charge in [-0.1, -0.05) is 29.8 Å². The number of carboxylic acid groups (broad SMARTS) is 1. The molecule has 15 heavy (non-hydrogen) atoms. The van der Waals surface area contributed by atoms with Gasteiger partial charge in [-0.25, -0.2) is 0 Å². The van der Waals surface area contributed by atoms with Gasteiger partial charge in [0.2, 0.25) is 0 Å². The van der Waals surface area contributed by atoms with Crippen LogP contribution in [0.4, 0.5) is 0 Å². The maximum atomic E-state index is 11.0. The molecule has 1 aromatic carbocycles. The Morgan fingerprint density at radius 2 is 2.07 bits per heavy atom. The molecular formula is C12H13ClO2. The SMILES string of the molecule is C=CC(C)(Cc1ccc(Cl)cc1)C(=O)O. The molecule has 0 heterocycles. The van der Waals surface area contributed by atoms with Crippen LogP contribution in [0.15, 0.2) is 36.9 Å². The zero-order chi connectivity index (χ0) is 11.5. The van der Waals surface area contributed by atoms with Gasteiger partial charge in [0.1, 0.15) is 0 Å². The zero-order valence-electron chi connectivity index (χ0n) is 8.53. The molecule has 0 amide bonds. The van der Waals surface area contributed by atoms with E-state index in [0.717, 1.165) is 5.56 Å². The van der Waals surface area contributed by atoms with Crippen molar-refractivity contribution >= 4 is 17.6 Å². The molecule has 3 heteroatoms. The Balaban J connectivity index is 2.89. The quantitative estimate of drug-likeness (QED) is 0.798. The Hall–Kier alpha value is -1.28. The van der Waals surface area contributed by atoms with E-state index in [1.165, 1.54) is 6.08 Å². The van der Waals surface area contributed by atoms with Gasteiger partial charge >= 0.3 is 5.97 Å². The third-order valence-electron chi connectivity index (χ3n) is 2.42. The molecular weight excluding hydrogens is 212 g/mol. The Kier molecular flexibility index (Phi) is 3.53. The summed E-state index contributed by atoms with van der Waals surface area (Å²) in [6.45, 7) is 5.21. The normalized spacial score (nSPS) is 14.3. The molecule has 0 aliphatic rings. The number of rotatable bonds is 4. The summed E-state index contributed by atoms with van der Waals surface area (Å²) in [5.74, 6) is -0.868. The highest BCUT2D eigenvalue weighted by Crippen LogP contribution is 2.24. The van der Waals surface area contributed by atoms with Crippen LogP contribution in [0, 0.1) is 5.41 Å². The molecule has 1 rings (SSSR count). The smallest absolute Gasteiger partial charge is 0.313 e. The molecule has 0 fully saturated rings. The minimum absolute atomic E-state index is 0.420. The number of aliphatic carboxylic acids is 1. The fraction of sp³-hybridized carbons (Fsp3) is 0.250. The topological polar surface area (TPSA) is 37.3 Å². The van der Waals surface area contributed by atoms with Crippen LogP contribution < -0.4 is 0 Å². The van der Waals surface area contributed by atoms with Crippen molar-refractivity contribution in [2.75, 3.05) is 0 Å². The summed E-state index contributed by atoms with van der Waals surface area (Å²) in [6.07, 6.45) is 1.88. The van der Waals surface area contributed by atoms with Crippen LogP contribution in [0.25, 0.3) is 0 Å². The first kappa shape index (κ1) is 11.8. The predicted molar refractivity (Wildman–Crippen MR) is 61.1 cm³/mol. The van der Waals surface area contributed by atoms with Crippen LogP contribution in [-0.2, 0) is 11.2 Å². The van der Waals surface area contributed by atoms with E-state index in [0.29, 0.717) is 11.4 Å². The van der Waals surface area contributed by atoms with Crippen molar-refractivity contribution in [1.29, 1.82) is 0 Å². The van der Waals surface area contributed by atoms with Gasteiger partial charge in [0.05, 0.1) is 5.41 Å². The van der Waals surface area contributed by atoms with Gasteiger partial charge in [0.25, 0.3) is 0 Å². The van der Waals surface area contributed by atoms with Crippen molar-refractivity contribution in [1.82, 2.24) is 0 Å². The number of benzene rings is 1. The molecule has 1 unspecified atom stereocenters. The first-order chi connectivity index (χ1) is 6.98. The van der Waals surface area contributed by atoms with Gasteiger partial charge in [0, 0.05) is 5.02 Å². The summed E-state index contributed by atoms with van der Waals surface area (Å²) in [7, 11) is 0. The van der Waals surface area contributed by atoms with Crippen LogP contribution in [0.1, 0.15) is 12.5 Å². The zero-order valence-corrected chi connectivity index (χ0v) is 9.29. The van der Waals surface area contributed by atoms with E-state index in [9.17, 15) is 4.79 Å². The lowest BCUT2D eigenvalue weighted by atomic mass is 9.84. The first-order valence-electron chi connectivity index (χ1n) is 4.59. The minimum Gasteiger partial charge on any atom is -0.481 e. The third-order valence-corrected chi connectivity index (χ3v) is 2.68. The molecule has 1 N–H and O–H groups in total. The van der Waals surface area contributed by atoms with Crippen LogP contribution in [0.5, 0.6) is 0 Å². The monoisotopic (exact) mass is 224 g/mol. The Bertz CT molecular complexity index is 370. The molecule has 1 atom stereocenters. The molecule has 1 aromatic rings. The van der Waals surface area contributed by atoms with Gasteiger partial charge in [-0.15, -0.1) is 6.58 Å². The van der Waals surface area contributed by atoms with Crippen LogP contribution in [-0.4, -0.2) is 11.1 Å². The van der Waals surface area contributed by atoms with Crippen LogP contribution in [0.2, 0.25) is 5.02 Å². The molecule has 0 saturated carbocycles. The van der Waals surface area contributed by atoms with Crippen molar-refractivity contribution in [2.24, 2.45) is 5.41 Å². The molecule has 80 valence electrons. The van der Waals surface area contributed by atoms with E-state index in [1.54, 1.807) is 19.1 Å². The summed E-state index contributed by atoms with van der Waals surface area (Å²) in [4.78, 5) is 11.0. The summed E-state index contributed by atoms with van der Waals surface area (Å²) in [5.41, 5.74) is 0.0117. The fourth-order valence-electron chi connectivity index (χ4n) is 1.26. The predicted octanol–water partition coefficient (Wildman–Crippen LogP) is 3.16. The second-order valence-electron chi connectivity index (χ2n) is 3.73. The molecule has 2 nitrogen and oxygen atoms in total. The average molecular weight is 225 g/mol. The van der Waals surface area contributed by atoms with Gasteiger partial charge < -0.3 is 5.11 Å². The highest BCUT2D eigenvalue weighted by atomic mass is 35.5. The average Bonchev–Trinajstić information content (AvgIpc) is 2.21. The van der Waals surface area contributed by atoms with Gasteiger partial charge in [-0.3, -0.25) is 4.79 Å². The second-order valence-corrected chi connectivity index (χ2v) is 4.17. The summed E-state index contributed by atoms with van der Waals surface area (Å²) < 4.78 is 0. The van der Waals surface area contributed by atoms with Crippen molar-refractivity contribution in [2.45, 2.75) is 13.3 Å². The van der Waals surface area contributed by atoms with Crippen molar-refractivity contribution in [3.05, 3.63) is 47.5 Å². The second kappa shape index (κ2) is 4.49. The van der Waals surface area contributed by atoms with E-state index >= 15 is 0 Å². The molecule has 0 bridgehead atoms. The summed E-state index contributed by atoms with van der Waals surface area (Å²) in [6, 6.07) is 7.16. The maximum Gasteiger partial charge on any atom is 0.313 e. The van der Waals surface area contributed by atoms with Crippen molar-refractivity contribution < 1.29 is 9.90 Å². The summed E-state index contributed by atoms with van der Waals surface area (Å²) >= 11 is 5.74. The highest BCUT2D eigenvalue weighted by Gasteiger charge is 2.29. The lowest BCUT2D eigenvalue weighted by Crippen LogP contribution is -2.27. The molecule has 0 aliphatic heterocycles. The Labute approximate surface area is 94.2 Å². The molecule has 0 aliphatic carbocycles. The van der Waals surface area contributed by atoms with E-state index in [2.05, 4.69) is 6.58 Å². The number of halogens is 1. The van der Waals surface area contributed by atoms with E-state index < -0.39 is 11.4 Å². The van der Waals surface area contributed by atoms with Crippen LogP contribution in [0.3, 0.4) is 0 Å². The highest BCUT2D eigenvalue weighted by molar-refractivity contribution is 6.30. The maximum absolute atomic E-state index is 11.0. The third kappa shape index (κ3) is 2.83. The van der Waals surface area contributed by atoms with Crippen LogP contribution >= 0.6 is 11.6 Å². The Morgan fingerprint density at radius 3 is 2.47 bits per heavy atom. The van der Waals surface area contributed by atoms with Gasteiger partial charge in [-0.05, 0) is 31.0 Å². The van der Waals surface area contributed by atoms with E-state index in [1.807, 2.05) is 12.1 Å². The number of carbonyl (C=O) groups is 1. The molecule has 0 radical (unpaired) electrons. The molecule has 0 spiro atoms. The van der Waals surface area contributed by atoms with Crippen molar-refractivity contribution in [3.63, 3.8) is 0 Å². The number of hydrogen-bond donors (Lipinski definition) is 1. The lowest BCUT2D eigenvalue weighted by Gasteiger charge is -2.20. The van der Waals surface area contributed by atoms with Crippen molar-refractivity contribution in [3.8, 4) is 0 Å². The van der Waals surface area contributed by atoms with E-state index in [-0.39, 0.29) is 0 Å². The standard InChI is InChI=1S/C12H13ClO2/c1-3-12(2,11(14)15)8-9-4-6-10(13)7-5-9/h3-7H,1,8H2,2H3,(H,14,15). The van der Waals surface area contributed by atoms with E-state index in [4.69, 9.17) is 16.7 Å². The fourth-order valence-corrected chi connectivity index (χ4v) is 1.39. The van der Waals surface area contributed by atoms with Gasteiger partial charge in [0.15, 0.2) is 0 Å².